The molecule has 0 radical (unpaired) electrons. The second kappa shape index (κ2) is 6.17. The van der Waals surface area contributed by atoms with Crippen LogP contribution in [0.2, 0.25) is 0 Å². The number of halogens is 3. The Kier molecular flexibility index (Phi) is 4.51. The highest BCUT2D eigenvalue weighted by Crippen LogP contribution is 2.41. The molecule has 0 fully saturated rings. The maximum atomic E-state index is 13.1. The van der Waals surface area contributed by atoms with Crippen molar-refractivity contribution in [2.24, 2.45) is 0 Å². The number of nitrogens with zero attached hydrogens (tertiary/aromatic N) is 2. The molecule has 0 aliphatic rings. The molecule has 112 valence electrons. The lowest BCUT2D eigenvalue weighted by atomic mass is 10.0. The van der Waals surface area contributed by atoms with E-state index in [0.29, 0.717) is 0 Å². The van der Waals surface area contributed by atoms with Gasteiger partial charge in [0.15, 0.2) is 5.16 Å². The molecule has 0 saturated heterocycles. The van der Waals surface area contributed by atoms with Crippen molar-refractivity contribution in [2.45, 2.75) is 16.6 Å². The van der Waals surface area contributed by atoms with Crippen LogP contribution >= 0.6 is 11.8 Å². The molecule has 1 atom stereocenters. The highest BCUT2D eigenvalue weighted by atomic mass is 32.2. The molecule has 1 aromatic heterocycles. The van der Waals surface area contributed by atoms with Crippen LogP contribution in [0.5, 0.6) is 0 Å². The van der Waals surface area contributed by atoms with Crippen molar-refractivity contribution in [3.05, 3.63) is 41.7 Å². The lowest BCUT2D eigenvalue weighted by Gasteiger charge is -2.18. The number of methoxy groups -OCH3 is 1. The topological polar surface area (TPSA) is 67.9 Å². The number of aromatic amines is 1. The van der Waals surface area contributed by atoms with E-state index >= 15 is 0 Å². The van der Waals surface area contributed by atoms with Gasteiger partial charge in [0.1, 0.15) is 11.6 Å². The van der Waals surface area contributed by atoms with Gasteiger partial charge in [0.25, 0.3) is 0 Å². The Morgan fingerprint density at radius 1 is 1.38 bits per heavy atom. The molecule has 1 aromatic carbocycles. The van der Waals surface area contributed by atoms with Gasteiger partial charge in [-0.15, -0.1) is 0 Å². The Morgan fingerprint density at radius 3 is 2.67 bits per heavy atom. The van der Waals surface area contributed by atoms with E-state index in [2.05, 4.69) is 19.9 Å². The number of benzene rings is 1. The zero-order valence-electron chi connectivity index (χ0n) is 10.7. The average Bonchev–Trinajstić information content (AvgIpc) is 2.96. The first-order valence-electron chi connectivity index (χ1n) is 5.69. The fraction of sp³-hybridized carbons (Fsp3) is 0.250. The molecule has 1 N–H and O–H groups in total. The van der Waals surface area contributed by atoms with Crippen LogP contribution < -0.4 is 0 Å². The number of nitrogens with one attached hydrogen (secondary N) is 1. The van der Waals surface area contributed by atoms with Crippen molar-refractivity contribution in [1.82, 2.24) is 15.2 Å². The largest absolute Gasteiger partial charge is 0.468 e. The minimum atomic E-state index is -4.56. The van der Waals surface area contributed by atoms with E-state index in [1.54, 1.807) is 0 Å². The van der Waals surface area contributed by atoms with Gasteiger partial charge in [-0.2, -0.15) is 18.3 Å². The summed E-state index contributed by atoms with van der Waals surface area (Å²) in [7, 11) is 1.12. The fourth-order valence-electron chi connectivity index (χ4n) is 1.69. The van der Waals surface area contributed by atoms with Crippen LogP contribution in [0.1, 0.15) is 16.4 Å². The van der Waals surface area contributed by atoms with Crippen LogP contribution in [0, 0.1) is 0 Å². The van der Waals surface area contributed by atoms with E-state index in [0.717, 1.165) is 24.9 Å². The SMILES string of the molecule is COC(=O)[C@@H](Sc1ncn[nH]1)c1ccccc1C(F)(F)F. The number of carbonyl (C=O) groups is 1. The number of hydrogen-bond donors (Lipinski definition) is 1. The summed E-state index contributed by atoms with van der Waals surface area (Å²) in [5.41, 5.74) is -1.06. The summed E-state index contributed by atoms with van der Waals surface area (Å²) in [6.45, 7) is 0. The highest BCUT2D eigenvalue weighted by molar-refractivity contribution is 8.00. The number of thioether (sulfide) groups is 1. The lowest BCUT2D eigenvalue weighted by molar-refractivity contribution is -0.141. The number of esters is 1. The molecule has 2 aromatic rings. The van der Waals surface area contributed by atoms with Gasteiger partial charge in [0.05, 0.1) is 12.7 Å². The van der Waals surface area contributed by atoms with Gasteiger partial charge in [-0.25, -0.2) is 4.98 Å². The predicted molar refractivity (Wildman–Crippen MR) is 68.4 cm³/mol. The number of carbonyl (C=O) groups excluding carboxylic acids is 1. The van der Waals surface area contributed by atoms with Crippen molar-refractivity contribution < 1.29 is 22.7 Å². The Hall–Kier alpha value is -2.03. The van der Waals surface area contributed by atoms with E-state index in [1.807, 2.05) is 0 Å². The minimum absolute atomic E-state index is 0.182. The van der Waals surface area contributed by atoms with Gasteiger partial charge < -0.3 is 4.74 Å². The number of H-pyrrole nitrogens is 1. The number of aromatic nitrogens is 3. The number of alkyl halides is 3. The van der Waals surface area contributed by atoms with Crippen LogP contribution in [0.25, 0.3) is 0 Å². The molecule has 0 bridgehead atoms. The Labute approximate surface area is 121 Å². The highest BCUT2D eigenvalue weighted by Gasteiger charge is 2.37. The third-order valence-corrected chi connectivity index (χ3v) is 3.69. The summed E-state index contributed by atoms with van der Waals surface area (Å²) in [6, 6.07) is 4.86. The van der Waals surface area contributed by atoms with Crippen LogP contribution in [0.4, 0.5) is 13.2 Å². The van der Waals surface area contributed by atoms with Gasteiger partial charge >= 0.3 is 12.1 Å². The van der Waals surface area contributed by atoms with Gasteiger partial charge in [-0.05, 0) is 11.6 Å². The first kappa shape index (κ1) is 15.4. The van der Waals surface area contributed by atoms with Crippen molar-refractivity contribution in [1.29, 1.82) is 0 Å². The molecule has 21 heavy (non-hydrogen) atoms. The maximum Gasteiger partial charge on any atom is 0.416 e. The molecule has 9 heteroatoms. The summed E-state index contributed by atoms with van der Waals surface area (Å²) in [5.74, 6) is -0.798. The van der Waals surface area contributed by atoms with Crippen LogP contribution in [0.15, 0.2) is 35.7 Å². The van der Waals surface area contributed by atoms with E-state index in [-0.39, 0.29) is 10.7 Å². The normalized spacial score (nSPS) is 13.0. The molecule has 0 saturated carbocycles. The van der Waals surface area contributed by atoms with Gasteiger partial charge in [-0.1, -0.05) is 30.0 Å². The fourth-order valence-corrected chi connectivity index (χ4v) is 2.65. The molecule has 0 aliphatic carbocycles. The van der Waals surface area contributed by atoms with E-state index in [4.69, 9.17) is 0 Å². The maximum absolute atomic E-state index is 13.1. The van der Waals surface area contributed by atoms with Crippen LogP contribution in [0.3, 0.4) is 0 Å². The minimum Gasteiger partial charge on any atom is -0.468 e. The standard InChI is InChI=1S/C12H10F3N3O2S/c1-20-10(19)9(21-11-16-6-17-18-11)7-4-2-3-5-8(7)12(13,14)15/h2-6,9H,1H3,(H,16,17,18)/t9-/m0/s1. The molecule has 0 amide bonds. The summed E-state index contributed by atoms with van der Waals surface area (Å²) in [4.78, 5) is 15.6. The molecule has 0 unspecified atom stereocenters. The smallest absolute Gasteiger partial charge is 0.416 e. The second-order valence-electron chi connectivity index (χ2n) is 3.90. The quantitative estimate of drug-likeness (QED) is 0.694. The molecule has 0 spiro atoms. The first-order valence-corrected chi connectivity index (χ1v) is 6.57. The molecular weight excluding hydrogens is 307 g/mol. The van der Waals surface area contributed by atoms with Gasteiger partial charge in [0, 0.05) is 0 Å². The molecule has 1 heterocycles. The number of rotatable bonds is 4. The monoisotopic (exact) mass is 317 g/mol. The van der Waals surface area contributed by atoms with Gasteiger partial charge in [0.2, 0.25) is 0 Å². The zero-order chi connectivity index (χ0) is 15.5. The summed E-state index contributed by atoms with van der Waals surface area (Å²) < 4.78 is 43.8. The Bertz CT molecular complexity index is 616. The van der Waals surface area contributed by atoms with E-state index in [9.17, 15) is 18.0 Å². The predicted octanol–water partition coefficient (Wildman–Crippen LogP) is 2.83. The zero-order valence-corrected chi connectivity index (χ0v) is 11.5. The molecule has 0 aliphatic heterocycles. The Morgan fingerprint density at radius 2 is 2.10 bits per heavy atom. The lowest BCUT2D eigenvalue weighted by Crippen LogP contribution is -2.17. The van der Waals surface area contributed by atoms with Crippen LogP contribution in [-0.2, 0) is 15.7 Å². The Balaban J connectivity index is 2.44. The summed E-state index contributed by atoms with van der Waals surface area (Å²) in [6.07, 6.45) is -3.36. The van der Waals surface area contributed by atoms with Crippen molar-refractivity contribution in [3.63, 3.8) is 0 Å². The van der Waals surface area contributed by atoms with E-state index < -0.39 is 23.0 Å². The van der Waals surface area contributed by atoms with E-state index in [1.165, 1.54) is 24.5 Å². The molecular formula is C12H10F3N3O2S. The van der Waals surface area contributed by atoms with Crippen molar-refractivity contribution >= 4 is 17.7 Å². The number of ether oxygens (including phenoxy) is 1. The third kappa shape index (κ3) is 3.54. The van der Waals surface area contributed by atoms with Crippen molar-refractivity contribution in [3.8, 4) is 0 Å². The third-order valence-electron chi connectivity index (χ3n) is 2.59. The molecule has 5 nitrogen and oxygen atoms in total. The average molecular weight is 317 g/mol. The summed E-state index contributed by atoms with van der Waals surface area (Å²) >= 11 is 0.808. The summed E-state index contributed by atoms with van der Waals surface area (Å²) in [5, 5.41) is 5.11. The number of hydrogen-bond acceptors (Lipinski definition) is 5. The van der Waals surface area contributed by atoms with Gasteiger partial charge in [-0.3, -0.25) is 9.89 Å². The molecule has 2 rings (SSSR count). The first-order chi connectivity index (χ1) is 9.93. The second-order valence-corrected chi connectivity index (χ2v) is 4.99. The van der Waals surface area contributed by atoms with Crippen LogP contribution in [-0.4, -0.2) is 28.3 Å². The van der Waals surface area contributed by atoms with Crippen molar-refractivity contribution in [2.75, 3.05) is 7.11 Å².